The Hall–Kier alpha value is -2.48. The molecule has 7 nitrogen and oxygen atoms in total. The van der Waals surface area contributed by atoms with Gasteiger partial charge in [-0.15, -0.1) is 4.40 Å². The van der Waals surface area contributed by atoms with Gasteiger partial charge >= 0.3 is 0 Å². The first-order valence-electron chi connectivity index (χ1n) is 6.70. The van der Waals surface area contributed by atoms with Crippen molar-refractivity contribution in [2.75, 3.05) is 12.3 Å². The van der Waals surface area contributed by atoms with Gasteiger partial charge in [-0.3, -0.25) is 9.78 Å². The molecule has 0 aromatic carbocycles. The molecule has 0 bridgehead atoms. The van der Waals surface area contributed by atoms with Gasteiger partial charge in [0.15, 0.2) is 5.84 Å². The van der Waals surface area contributed by atoms with Gasteiger partial charge in [-0.05, 0) is 23.8 Å². The molecule has 0 radical (unpaired) electrons. The largest absolute Gasteiger partial charge is 0.348 e. The third-order valence-corrected chi connectivity index (χ3v) is 4.43. The Kier molecular flexibility index (Phi) is 3.76. The number of fused-ring (bicyclic) bond motifs is 1. The molecule has 0 atom stereocenters. The molecule has 0 saturated heterocycles. The molecule has 1 N–H and O–H groups in total. The summed E-state index contributed by atoms with van der Waals surface area (Å²) >= 11 is 0. The Balaban J connectivity index is 1.78. The molecule has 0 unspecified atom stereocenters. The topological polar surface area (TPSA) is 91.7 Å². The van der Waals surface area contributed by atoms with E-state index in [1.54, 1.807) is 41.7 Å². The first kappa shape index (κ1) is 14.5. The molecule has 114 valence electrons. The Bertz CT molecular complexity index is 782. The number of carbonyl (C=O) groups is 1. The van der Waals surface area contributed by atoms with Crippen molar-refractivity contribution in [2.45, 2.75) is 6.54 Å². The van der Waals surface area contributed by atoms with Gasteiger partial charge in [-0.1, -0.05) is 6.07 Å². The van der Waals surface area contributed by atoms with Crippen LogP contribution < -0.4 is 5.32 Å². The van der Waals surface area contributed by atoms with E-state index < -0.39 is 10.0 Å². The van der Waals surface area contributed by atoms with Crippen LogP contribution in [0.25, 0.3) is 0 Å². The highest BCUT2D eigenvalue weighted by Gasteiger charge is 2.29. The third-order valence-electron chi connectivity index (χ3n) is 3.28. The third kappa shape index (κ3) is 3.06. The van der Waals surface area contributed by atoms with Gasteiger partial charge in [0.05, 0.1) is 11.3 Å². The predicted molar refractivity (Wildman–Crippen MR) is 81.2 cm³/mol. The van der Waals surface area contributed by atoms with Crippen LogP contribution in [-0.2, 0) is 21.4 Å². The van der Waals surface area contributed by atoms with Crippen LogP contribution in [0.4, 0.5) is 0 Å². The van der Waals surface area contributed by atoms with E-state index in [4.69, 9.17) is 0 Å². The molecular formula is C14H14N4O3S. The summed E-state index contributed by atoms with van der Waals surface area (Å²) in [5.41, 5.74) is 1.10. The average molecular weight is 318 g/mol. The molecule has 0 fully saturated rings. The van der Waals surface area contributed by atoms with Crippen molar-refractivity contribution in [1.82, 2.24) is 15.2 Å². The summed E-state index contributed by atoms with van der Waals surface area (Å²) in [4.78, 5) is 17.9. The number of nitrogens with zero attached hydrogens (tertiary/aromatic N) is 3. The molecule has 22 heavy (non-hydrogen) atoms. The minimum absolute atomic E-state index is 0.0502. The SMILES string of the molecule is O=C(NCc1cccnc1)C1=CC=CN2CCS(=O)(=O)N=C12. The van der Waals surface area contributed by atoms with Crippen molar-refractivity contribution < 1.29 is 13.2 Å². The highest BCUT2D eigenvalue weighted by molar-refractivity contribution is 7.90. The van der Waals surface area contributed by atoms with E-state index in [9.17, 15) is 13.2 Å². The van der Waals surface area contributed by atoms with Crippen molar-refractivity contribution >= 4 is 21.8 Å². The van der Waals surface area contributed by atoms with Crippen molar-refractivity contribution in [2.24, 2.45) is 4.40 Å². The number of carbonyl (C=O) groups excluding carboxylic acids is 1. The number of hydrogen-bond acceptors (Lipinski definition) is 5. The van der Waals surface area contributed by atoms with Crippen molar-refractivity contribution in [3.63, 3.8) is 0 Å². The molecule has 2 aliphatic rings. The lowest BCUT2D eigenvalue weighted by Crippen LogP contribution is -2.42. The highest BCUT2D eigenvalue weighted by atomic mass is 32.2. The van der Waals surface area contributed by atoms with Gasteiger partial charge in [-0.2, -0.15) is 0 Å². The summed E-state index contributed by atoms with van der Waals surface area (Å²) in [6.45, 7) is 0.610. The molecule has 0 saturated carbocycles. The van der Waals surface area contributed by atoms with Crippen LogP contribution in [0, 0.1) is 0 Å². The minimum atomic E-state index is -3.51. The lowest BCUT2D eigenvalue weighted by atomic mass is 10.1. The quantitative estimate of drug-likeness (QED) is 0.859. The van der Waals surface area contributed by atoms with Crippen molar-refractivity contribution in [3.05, 3.63) is 54.0 Å². The predicted octanol–water partition coefficient (Wildman–Crippen LogP) is 0.195. The first-order valence-corrected chi connectivity index (χ1v) is 8.31. The summed E-state index contributed by atoms with van der Waals surface area (Å²) in [6, 6.07) is 3.63. The standard InChI is InChI=1S/C14H14N4O3S/c19-14(16-10-11-3-1-5-15-9-11)12-4-2-6-18-7-8-22(20,21)17-13(12)18/h1-6,9H,7-8,10H2,(H,16,19). The number of allylic oxidation sites excluding steroid dienone is 2. The number of aromatic nitrogens is 1. The van der Waals surface area contributed by atoms with E-state index in [2.05, 4.69) is 14.7 Å². The fraction of sp³-hybridized carbons (Fsp3) is 0.214. The number of pyridine rings is 1. The van der Waals surface area contributed by atoms with E-state index >= 15 is 0 Å². The van der Waals surface area contributed by atoms with Crippen LogP contribution in [0.1, 0.15) is 5.56 Å². The molecule has 1 aromatic rings. The van der Waals surface area contributed by atoms with Crippen LogP contribution in [-0.4, -0.2) is 42.3 Å². The number of amidine groups is 1. The molecule has 1 amide bonds. The summed E-state index contributed by atoms with van der Waals surface area (Å²) in [7, 11) is -3.51. The van der Waals surface area contributed by atoms with E-state index in [0.29, 0.717) is 13.1 Å². The maximum atomic E-state index is 12.3. The van der Waals surface area contributed by atoms with Gasteiger partial charge in [0.25, 0.3) is 15.9 Å². The molecule has 1 aromatic heterocycles. The summed E-state index contributed by atoms with van der Waals surface area (Å²) in [6.07, 6.45) is 8.29. The Morgan fingerprint density at radius 2 is 2.27 bits per heavy atom. The molecule has 3 heterocycles. The van der Waals surface area contributed by atoms with Gasteiger partial charge in [0.2, 0.25) is 0 Å². The maximum Gasteiger partial charge on any atom is 0.256 e. The highest BCUT2D eigenvalue weighted by Crippen LogP contribution is 2.17. The first-order chi connectivity index (χ1) is 10.6. The Labute approximate surface area is 128 Å². The molecule has 0 aliphatic carbocycles. The summed E-state index contributed by atoms with van der Waals surface area (Å²) < 4.78 is 27.0. The second-order valence-electron chi connectivity index (χ2n) is 4.86. The van der Waals surface area contributed by atoms with Gasteiger partial charge in [-0.25, -0.2) is 8.42 Å². The van der Waals surface area contributed by atoms with Crippen LogP contribution in [0.5, 0.6) is 0 Å². The Morgan fingerprint density at radius 3 is 3.05 bits per heavy atom. The molecule has 3 rings (SSSR count). The molecule has 2 aliphatic heterocycles. The Morgan fingerprint density at radius 1 is 1.41 bits per heavy atom. The number of sulfonamides is 1. The van der Waals surface area contributed by atoms with Crippen molar-refractivity contribution in [1.29, 1.82) is 0 Å². The van der Waals surface area contributed by atoms with Crippen LogP contribution in [0.3, 0.4) is 0 Å². The number of nitrogens with one attached hydrogen (secondary N) is 1. The van der Waals surface area contributed by atoms with Gasteiger partial charge in [0, 0.05) is 31.7 Å². The van der Waals surface area contributed by atoms with E-state index in [-0.39, 0.29) is 23.1 Å². The number of hydrogen-bond donors (Lipinski definition) is 1. The zero-order chi connectivity index (χ0) is 15.6. The van der Waals surface area contributed by atoms with E-state index in [0.717, 1.165) is 5.56 Å². The number of rotatable bonds is 3. The van der Waals surface area contributed by atoms with Crippen LogP contribution in [0.15, 0.2) is 52.8 Å². The second-order valence-corrected chi connectivity index (χ2v) is 6.61. The van der Waals surface area contributed by atoms with E-state index in [1.807, 2.05) is 6.07 Å². The minimum Gasteiger partial charge on any atom is -0.348 e. The lowest BCUT2D eigenvalue weighted by molar-refractivity contribution is -0.117. The summed E-state index contributed by atoms with van der Waals surface area (Å²) in [5, 5.41) is 2.75. The smallest absolute Gasteiger partial charge is 0.256 e. The molecule has 0 spiro atoms. The summed E-state index contributed by atoms with van der Waals surface area (Å²) in [5.74, 6) is -0.239. The van der Waals surface area contributed by atoms with E-state index in [1.165, 1.54) is 0 Å². The molecule has 8 heteroatoms. The van der Waals surface area contributed by atoms with Crippen LogP contribution in [0.2, 0.25) is 0 Å². The van der Waals surface area contributed by atoms with Gasteiger partial charge in [0.1, 0.15) is 0 Å². The van der Waals surface area contributed by atoms with Crippen LogP contribution >= 0.6 is 0 Å². The zero-order valence-corrected chi connectivity index (χ0v) is 12.5. The van der Waals surface area contributed by atoms with Gasteiger partial charge < -0.3 is 10.2 Å². The monoisotopic (exact) mass is 318 g/mol. The zero-order valence-electron chi connectivity index (χ0n) is 11.6. The number of amides is 1. The fourth-order valence-corrected chi connectivity index (χ4v) is 3.16. The fourth-order valence-electron chi connectivity index (χ4n) is 2.17. The second kappa shape index (κ2) is 5.72. The lowest BCUT2D eigenvalue weighted by Gasteiger charge is -2.28. The van der Waals surface area contributed by atoms with Crippen molar-refractivity contribution in [3.8, 4) is 0 Å². The normalized spacial score (nSPS) is 19.0. The maximum absolute atomic E-state index is 12.3. The average Bonchev–Trinajstić information content (AvgIpc) is 2.52. The molecular weight excluding hydrogens is 304 g/mol.